The number of hydrogen-bond donors (Lipinski definition) is 3. The van der Waals surface area contributed by atoms with Crippen LogP contribution in [0.1, 0.15) is 39.2 Å². The third-order valence-electron chi connectivity index (χ3n) is 4.40. The molecule has 3 rings (SSSR count). The molecule has 1 saturated heterocycles. The minimum Gasteiger partial charge on any atom is -0.444 e. The molecule has 26 heavy (non-hydrogen) atoms. The number of nitrogens with one attached hydrogen (secondary N) is 1. The molecule has 7 nitrogen and oxygen atoms in total. The Labute approximate surface area is 156 Å². The number of ether oxygens (including phenoxy) is 1. The Morgan fingerprint density at radius 1 is 1.35 bits per heavy atom. The van der Waals surface area contributed by atoms with E-state index in [0.717, 1.165) is 24.2 Å². The standard InChI is InChI=1S/C18H27N3O4S/c1-18(2,3)25-17(22)21-9-6-14(7-10-21)13-15-5-4-8-20-11-12-26(23,24)19-16(15)20/h4-5,8,13,23-24H,6-7,9-12H2,1-3H3/p+1. The number of anilines is 1. The predicted molar refractivity (Wildman–Crippen MR) is 103 cm³/mol. The van der Waals surface area contributed by atoms with Crippen LogP contribution in [-0.2, 0) is 11.3 Å². The summed E-state index contributed by atoms with van der Waals surface area (Å²) in [5, 5.41) is 0. The fraction of sp³-hybridized carbons (Fsp3) is 0.556. The Bertz CT molecular complexity index is 718. The first-order valence-corrected chi connectivity index (χ1v) is 10.6. The summed E-state index contributed by atoms with van der Waals surface area (Å²) in [4.78, 5) is 13.9. The molecule has 0 spiro atoms. The van der Waals surface area contributed by atoms with Gasteiger partial charge in [-0.2, -0.15) is 4.72 Å². The molecule has 0 unspecified atom stereocenters. The Morgan fingerprint density at radius 3 is 2.69 bits per heavy atom. The maximum Gasteiger partial charge on any atom is 0.410 e. The fourth-order valence-corrected chi connectivity index (χ4v) is 4.19. The number of rotatable bonds is 1. The van der Waals surface area contributed by atoms with E-state index < -0.39 is 16.4 Å². The second-order valence-electron chi connectivity index (χ2n) is 7.75. The van der Waals surface area contributed by atoms with Gasteiger partial charge in [-0.15, -0.1) is 0 Å². The molecule has 0 aliphatic carbocycles. The molecule has 8 heteroatoms. The minimum atomic E-state index is -2.77. The Morgan fingerprint density at radius 2 is 2.04 bits per heavy atom. The van der Waals surface area contributed by atoms with Gasteiger partial charge in [0.15, 0.2) is 0 Å². The molecule has 144 valence electrons. The molecule has 2 aliphatic heterocycles. The number of fused-ring (bicyclic) bond motifs is 1. The number of piperidine rings is 1. The zero-order valence-electron chi connectivity index (χ0n) is 15.6. The van der Waals surface area contributed by atoms with Gasteiger partial charge in [0.25, 0.3) is 0 Å². The first kappa shape index (κ1) is 19.0. The third-order valence-corrected chi connectivity index (χ3v) is 5.67. The van der Waals surface area contributed by atoms with Crippen LogP contribution in [0.5, 0.6) is 0 Å². The highest BCUT2D eigenvalue weighted by Crippen LogP contribution is 2.41. The van der Waals surface area contributed by atoms with Crippen molar-refractivity contribution in [1.29, 1.82) is 0 Å². The van der Waals surface area contributed by atoms with Crippen LogP contribution in [0.15, 0.2) is 23.9 Å². The average Bonchev–Trinajstić information content (AvgIpc) is 2.54. The summed E-state index contributed by atoms with van der Waals surface area (Å²) < 4.78 is 30.3. The highest BCUT2D eigenvalue weighted by Gasteiger charge is 2.30. The van der Waals surface area contributed by atoms with Crippen LogP contribution in [0.4, 0.5) is 10.6 Å². The van der Waals surface area contributed by atoms with E-state index in [4.69, 9.17) is 4.74 Å². The highest BCUT2D eigenvalue weighted by molar-refractivity contribution is 8.25. The number of pyridine rings is 1. The number of aryl methyl sites for hydroxylation is 1. The molecule has 3 N–H and O–H groups in total. The maximum absolute atomic E-state index is 12.2. The normalized spacial score (nSPS) is 20.7. The van der Waals surface area contributed by atoms with Gasteiger partial charge in [-0.3, -0.25) is 9.11 Å². The summed E-state index contributed by atoms with van der Waals surface area (Å²) in [6.07, 6.45) is 5.32. The Balaban J connectivity index is 1.69. The van der Waals surface area contributed by atoms with E-state index in [1.165, 1.54) is 5.57 Å². The summed E-state index contributed by atoms with van der Waals surface area (Å²) in [6, 6.07) is 3.93. The quantitative estimate of drug-likeness (QED) is 0.648. The van der Waals surface area contributed by atoms with Crippen molar-refractivity contribution >= 4 is 28.8 Å². The van der Waals surface area contributed by atoms with Crippen LogP contribution in [0.2, 0.25) is 0 Å². The molecule has 0 saturated carbocycles. The molecule has 0 aromatic carbocycles. The lowest BCUT2D eigenvalue weighted by atomic mass is 10.0. The molecule has 0 bridgehead atoms. The number of hydrogen-bond acceptors (Lipinski definition) is 5. The molecular weight excluding hydrogens is 354 g/mol. The molecule has 0 atom stereocenters. The van der Waals surface area contributed by atoms with Gasteiger partial charge in [-0.05, 0) is 51.8 Å². The summed E-state index contributed by atoms with van der Waals surface area (Å²) >= 11 is 0. The van der Waals surface area contributed by atoms with Crippen LogP contribution in [0, 0.1) is 0 Å². The summed E-state index contributed by atoms with van der Waals surface area (Å²) in [6.45, 7) is 7.44. The van der Waals surface area contributed by atoms with Crippen molar-refractivity contribution < 1.29 is 23.2 Å². The zero-order chi connectivity index (χ0) is 18.9. The maximum atomic E-state index is 12.2. The van der Waals surface area contributed by atoms with Crippen LogP contribution in [0.25, 0.3) is 6.08 Å². The van der Waals surface area contributed by atoms with E-state index in [1.54, 1.807) is 4.90 Å². The monoisotopic (exact) mass is 382 g/mol. The van der Waals surface area contributed by atoms with E-state index in [0.29, 0.717) is 25.4 Å². The molecule has 1 aromatic rings. The Hall–Kier alpha value is -1.77. The SMILES string of the molecule is CC(C)(C)OC(=O)N1CCC(=Cc2ccc[n+]3c2NS(O)(O)CC3)CC1. The summed E-state index contributed by atoms with van der Waals surface area (Å²) in [5.41, 5.74) is 1.69. The van der Waals surface area contributed by atoms with Gasteiger partial charge in [-0.25, -0.2) is 9.36 Å². The molecule has 0 radical (unpaired) electrons. The zero-order valence-corrected chi connectivity index (χ0v) is 16.4. The van der Waals surface area contributed by atoms with Crippen molar-refractivity contribution in [2.45, 2.75) is 45.8 Å². The molecular formula is C18H28N3O4S+. The van der Waals surface area contributed by atoms with E-state index in [2.05, 4.69) is 10.8 Å². The van der Waals surface area contributed by atoms with Crippen molar-refractivity contribution in [2.75, 3.05) is 23.6 Å². The number of aromatic nitrogens is 1. The molecule has 1 amide bonds. The second-order valence-corrected chi connectivity index (χ2v) is 9.69. The molecule has 1 aromatic heterocycles. The summed E-state index contributed by atoms with van der Waals surface area (Å²) in [5.74, 6) is 1.05. The number of nitrogens with zero attached hydrogens (tertiary/aromatic N) is 2. The van der Waals surface area contributed by atoms with Crippen molar-refractivity contribution in [3.05, 3.63) is 29.5 Å². The van der Waals surface area contributed by atoms with Crippen LogP contribution in [0.3, 0.4) is 0 Å². The van der Waals surface area contributed by atoms with Gasteiger partial charge >= 0.3 is 11.9 Å². The van der Waals surface area contributed by atoms with Crippen molar-refractivity contribution in [1.82, 2.24) is 4.90 Å². The van der Waals surface area contributed by atoms with E-state index in [9.17, 15) is 13.9 Å². The van der Waals surface area contributed by atoms with Crippen LogP contribution < -0.4 is 9.29 Å². The van der Waals surface area contributed by atoms with Gasteiger partial charge in [0.1, 0.15) is 17.9 Å². The number of amides is 1. The number of likely N-dealkylation sites (tertiary alicyclic amines) is 1. The van der Waals surface area contributed by atoms with E-state index in [-0.39, 0.29) is 6.09 Å². The van der Waals surface area contributed by atoms with Crippen LogP contribution in [-0.4, -0.2) is 44.5 Å². The lowest BCUT2D eigenvalue weighted by molar-refractivity contribution is -0.679. The van der Waals surface area contributed by atoms with Gasteiger partial charge in [-0.1, -0.05) is 16.3 Å². The van der Waals surface area contributed by atoms with Crippen molar-refractivity contribution in [2.24, 2.45) is 0 Å². The van der Waals surface area contributed by atoms with Gasteiger partial charge in [0.05, 0.1) is 11.8 Å². The smallest absolute Gasteiger partial charge is 0.410 e. The summed E-state index contributed by atoms with van der Waals surface area (Å²) in [7, 11) is -2.77. The van der Waals surface area contributed by atoms with Crippen LogP contribution >= 0.6 is 10.8 Å². The highest BCUT2D eigenvalue weighted by atomic mass is 32.3. The lowest BCUT2D eigenvalue weighted by Gasteiger charge is -2.33. The van der Waals surface area contributed by atoms with Crippen molar-refractivity contribution in [3.8, 4) is 0 Å². The first-order chi connectivity index (χ1) is 12.1. The Kier molecular flexibility index (Phi) is 5.18. The lowest BCUT2D eigenvalue weighted by Crippen LogP contribution is -2.45. The molecule has 2 aliphatic rings. The fourth-order valence-electron chi connectivity index (χ4n) is 3.09. The first-order valence-electron chi connectivity index (χ1n) is 8.86. The van der Waals surface area contributed by atoms with Gasteiger partial charge in [0, 0.05) is 13.1 Å². The minimum absolute atomic E-state index is 0.264. The van der Waals surface area contributed by atoms with Gasteiger partial charge < -0.3 is 9.64 Å². The second kappa shape index (κ2) is 7.09. The predicted octanol–water partition coefficient (Wildman–Crippen LogP) is 3.48. The number of carbonyl (C=O) groups is 1. The molecule has 1 fully saturated rings. The molecule has 3 heterocycles. The number of carbonyl (C=O) groups excluding carboxylic acids is 1. The van der Waals surface area contributed by atoms with Gasteiger partial charge in [0.2, 0.25) is 0 Å². The largest absolute Gasteiger partial charge is 0.444 e. The average molecular weight is 383 g/mol. The van der Waals surface area contributed by atoms with E-state index in [1.807, 2.05) is 43.7 Å². The third kappa shape index (κ3) is 4.69. The van der Waals surface area contributed by atoms with E-state index >= 15 is 0 Å². The van der Waals surface area contributed by atoms with Crippen molar-refractivity contribution in [3.63, 3.8) is 0 Å². The topological polar surface area (TPSA) is 85.9 Å².